The minimum Gasteiger partial charge on any atom is -0.339 e. The van der Waals surface area contributed by atoms with Gasteiger partial charge < -0.3 is 10.2 Å². The standard InChI is InChI=1S/C19H18FN5O2S/c1-11-8-15(14-3-2-13(20)9-16(14)22-11)18(27)25-6-4-12(5-7-25)17(26)23-19-24-21-10-28-19/h2-3,8-10,12H,4-7H2,1H3,(H,23,24,26). The van der Waals surface area contributed by atoms with Gasteiger partial charge >= 0.3 is 0 Å². The number of anilines is 1. The maximum Gasteiger partial charge on any atom is 0.254 e. The normalized spacial score (nSPS) is 15.0. The summed E-state index contributed by atoms with van der Waals surface area (Å²) in [6.07, 6.45) is 1.15. The summed E-state index contributed by atoms with van der Waals surface area (Å²) in [7, 11) is 0. The van der Waals surface area contributed by atoms with Crippen LogP contribution in [0, 0.1) is 18.7 Å². The fourth-order valence-corrected chi connectivity index (χ4v) is 3.91. The van der Waals surface area contributed by atoms with Crippen LogP contribution in [0.4, 0.5) is 9.52 Å². The van der Waals surface area contributed by atoms with Crippen LogP contribution < -0.4 is 5.32 Å². The van der Waals surface area contributed by atoms with Crippen LogP contribution in [0.25, 0.3) is 10.9 Å². The average molecular weight is 399 g/mol. The highest BCUT2D eigenvalue weighted by Gasteiger charge is 2.29. The topological polar surface area (TPSA) is 88.1 Å². The molecule has 7 nitrogen and oxygen atoms in total. The average Bonchev–Trinajstić information content (AvgIpc) is 3.19. The third-order valence-electron chi connectivity index (χ3n) is 4.87. The summed E-state index contributed by atoms with van der Waals surface area (Å²) in [4.78, 5) is 31.5. The molecule has 3 aromatic rings. The van der Waals surface area contributed by atoms with Crippen LogP contribution in [0.1, 0.15) is 28.9 Å². The quantitative estimate of drug-likeness (QED) is 0.731. The molecule has 2 aromatic heterocycles. The van der Waals surface area contributed by atoms with Gasteiger partial charge in [0.1, 0.15) is 11.3 Å². The Morgan fingerprint density at radius 3 is 2.75 bits per heavy atom. The Labute approximate surface area is 164 Å². The van der Waals surface area contributed by atoms with E-state index in [1.54, 1.807) is 29.5 Å². The molecule has 0 saturated carbocycles. The molecule has 0 aliphatic carbocycles. The molecule has 0 atom stereocenters. The molecule has 1 aromatic carbocycles. The van der Waals surface area contributed by atoms with Gasteiger partial charge in [0.15, 0.2) is 0 Å². The summed E-state index contributed by atoms with van der Waals surface area (Å²) in [5.41, 5.74) is 3.20. The largest absolute Gasteiger partial charge is 0.339 e. The molecule has 0 bridgehead atoms. The molecule has 3 heterocycles. The predicted octanol–water partition coefficient (Wildman–Crippen LogP) is 3.02. The first-order valence-electron chi connectivity index (χ1n) is 8.94. The first-order valence-corrected chi connectivity index (χ1v) is 9.82. The summed E-state index contributed by atoms with van der Waals surface area (Å²) in [6.45, 7) is 2.75. The molecule has 1 N–H and O–H groups in total. The first kappa shape index (κ1) is 18.4. The van der Waals surface area contributed by atoms with Crippen LogP contribution in [0.2, 0.25) is 0 Å². The Hall–Kier alpha value is -2.94. The number of amides is 2. The molecule has 9 heteroatoms. The zero-order valence-corrected chi connectivity index (χ0v) is 16.0. The van der Waals surface area contributed by atoms with E-state index in [4.69, 9.17) is 0 Å². The number of carbonyl (C=O) groups is 2. The highest BCUT2D eigenvalue weighted by atomic mass is 32.1. The number of aryl methyl sites for hydroxylation is 1. The molecule has 28 heavy (non-hydrogen) atoms. The second-order valence-electron chi connectivity index (χ2n) is 6.77. The number of nitrogens with zero attached hydrogens (tertiary/aromatic N) is 4. The fourth-order valence-electron chi connectivity index (χ4n) is 3.46. The molecule has 144 valence electrons. The summed E-state index contributed by atoms with van der Waals surface area (Å²) >= 11 is 1.27. The molecule has 0 unspecified atom stereocenters. The third kappa shape index (κ3) is 3.70. The van der Waals surface area contributed by atoms with Crippen molar-refractivity contribution in [2.45, 2.75) is 19.8 Å². The maximum atomic E-state index is 13.5. The monoisotopic (exact) mass is 399 g/mol. The van der Waals surface area contributed by atoms with Gasteiger partial charge in [-0.25, -0.2) is 4.39 Å². The van der Waals surface area contributed by atoms with Crippen molar-refractivity contribution in [1.82, 2.24) is 20.1 Å². The fraction of sp³-hybridized carbons (Fsp3) is 0.316. The Kier molecular flexibility index (Phi) is 4.99. The van der Waals surface area contributed by atoms with Crippen molar-refractivity contribution in [3.8, 4) is 0 Å². The summed E-state index contributed by atoms with van der Waals surface area (Å²) in [5, 5.41) is 11.4. The number of piperidine rings is 1. The number of halogens is 1. The van der Waals surface area contributed by atoms with Crippen LogP contribution in [0.15, 0.2) is 29.8 Å². The summed E-state index contributed by atoms with van der Waals surface area (Å²) < 4.78 is 13.5. The van der Waals surface area contributed by atoms with E-state index in [1.165, 1.54) is 23.5 Å². The zero-order valence-electron chi connectivity index (χ0n) is 15.2. The minimum absolute atomic E-state index is 0.0930. The minimum atomic E-state index is -0.383. The molecule has 0 radical (unpaired) electrons. The molecular formula is C19H18FN5O2S. The van der Waals surface area contributed by atoms with E-state index in [9.17, 15) is 14.0 Å². The molecule has 1 aliphatic rings. The number of nitrogens with one attached hydrogen (secondary N) is 1. The molecule has 1 aliphatic heterocycles. The molecule has 1 fully saturated rings. The molecule has 1 saturated heterocycles. The van der Waals surface area contributed by atoms with Crippen molar-refractivity contribution in [2.75, 3.05) is 18.4 Å². The molecule has 2 amide bonds. The number of fused-ring (bicyclic) bond motifs is 1. The van der Waals surface area contributed by atoms with Crippen molar-refractivity contribution in [3.63, 3.8) is 0 Å². The first-order chi connectivity index (χ1) is 13.5. The van der Waals surface area contributed by atoms with Crippen LogP contribution in [-0.4, -0.2) is 45.0 Å². The lowest BCUT2D eigenvalue weighted by atomic mass is 9.95. The van der Waals surface area contributed by atoms with Crippen molar-refractivity contribution in [1.29, 1.82) is 0 Å². The van der Waals surface area contributed by atoms with Gasteiger partial charge in [0.2, 0.25) is 11.0 Å². The number of rotatable bonds is 3. The smallest absolute Gasteiger partial charge is 0.254 e. The van der Waals surface area contributed by atoms with Gasteiger partial charge in [-0.1, -0.05) is 11.3 Å². The van der Waals surface area contributed by atoms with Gasteiger partial charge in [-0.15, -0.1) is 10.2 Å². The van der Waals surface area contributed by atoms with Crippen LogP contribution in [0.5, 0.6) is 0 Å². The Morgan fingerprint density at radius 2 is 2.04 bits per heavy atom. The second-order valence-corrected chi connectivity index (χ2v) is 7.61. The van der Waals surface area contributed by atoms with Crippen molar-refractivity contribution < 1.29 is 14.0 Å². The number of hydrogen-bond acceptors (Lipinski definition) is 6. The lowest BCUT2D eigenvalue weighted by molar-refractivity contribution is -0.121. The second kappa shape index (κ2) is 7.59. The van der Waals surface area contributed by atoms with Gasteiger partial charge in [-0.2, -0.15) is 0 Å². The zero-order chi connectivity index (χ0) is 19.7. The number of carbonyl (C=O) groups excluding carboxylic acids is 2. The number of hydrogen-bond donors (Lipinski definition) is 1. The molecule has 4 rings (SSSR count). The van der Waals surface area contributed by atoms with Crippen LogP contribution in [-0.2, 0) is 4.79 Å². The van der Waals surface area contributed by atoms with Crippen molar-refractivity contribution >= 4 is 39.2 Å². The number of pyridine rings is 1. The highest BCUT2D eigenvalue weighted by Crippen LogP contribution is 2.25. The van der Waals surface area contributed by atoms with Crippen LogP contribution in [0.3, 0.4) is 0 Å². The van der Waals surface area contributed by atoms with Crippen LogP contribution >= 0.6 is 11.3 Å². The number of benzene rings is 1. The lowest BCUT2D eigenvalue weighted by Crippen LogP contribution is -2.41. The van der Waals surface area contributed by atoms with Gasteiger partial charge in [-0.05, 0) is 38.0 Å². The highest BCUT2D eigenvalue weighted by molar-refractivity contribution is 7.13. The van der Waals surface area contributed by atoms with Crippen molar-refractivity contribution in [2.24, 2.45) is 5.92 Å². The van der Waals surface area contributed by atoms with Gasteiger partial charge in [0.05, 0.1) is 11.1 Å². The Bertz CT molecular complexity index is 1030. The Balaban J connectivity index is 1.47. The van der Waals surface area contributed by atoms with E-state index in [0.29, 0.717) is 53.2 Å². The molecule has 0 spiro atoms. The summed E-state index contributed by atoms with van der Waals surface area (Å²) in [6, 6.07) is 5.99. The molecular weight excluding hydrogens is 381 g/mol. The lowest BCUT2D eigenvalue weighted by Gasteiger charge is -2.31. The van der Waals surface area contributed by atoms with E-state index >= 15 is 0 Å². The maximum absolute atomic E-state index is 13.5. The van der Waals surface area contributed by atoms with Crippen molar-refractivity contribution in [3.05, 3.63) is 46.9 Å². The predicted molar refractivity (Wildman–Crippen MR) is 104 cm³/mol. The van der Waals surface area contributed by atoms with E-state index in [2.05, 4.69) is 20.5 Å². The van der Waals surface area contributed by atoms with Gasteiger partial charge in [0.25, 0.3) is 5.91 Å². The van der Waals surface area contributed by atoms with Gasteiger partial charge in [-0.3, -0.25) is 14.6 Å². The Morgan fingerprint density at radius 1 is 1.25 bits per heavy atom. The third-order valence-corrected chi connectivity index (χ3v) is 5.48. The van der Waals surface area contributed by atoms with E-state index in [0.717, 1.165) is 0 Å². The van der Waals surface area contributed by atoms with E-state index in [1.807, 2.05) is 0 Å². The number of likely N-dealkylation sites (tertiary alicyclic amines) is 1. The van der Waals surface area contributed by atoms with E-state index in [-0.39, 0.29) is 23.5 Å². The summed E-state index contributed by atoms with van der Waals surface area (Å²) in [5.74, 6) is -0.765. The van der Waals surface area contributed by atoms with E-state index < -0.39 is 0 Å². The SMILES string of the molecule is Cc1cc(C(=O)N2CCC(C(=O)Nc3nncs3)CC2)c2ccc(F)cc2n1. The van der Waals surface area contributed by atoms with Gasteiger partial charge in [0, 0.05) is 36.2 Å². The number of aromatic nitrogens is 3.